The predicted octanol–water partition coefficient (Wildman–Crippen LogP) is 1.44. The second-order valence-corrected chi connectivity index (χ2v) is 5.92. The minimum atomic E-state index is -0.359. The molecule has 1 aromatic carbocycles. The zero-order valence-corrected chi connectivity index (χ0v) is 12.8. The highest BCUT2D eigenvalue weighted by Crippen LogP contribution is 2.36. The van der Waals surface area contributed by atoms with E-state index >= 15 is 0 Å². The van der Waals surface area contributed by atoms with E-state index in [1.54, 1.807) is 24.0 Å². The first-order valence-corrected chi connectivity index (χ1v) is 7.41. The molecule has 0 radical (unpaired) electrons. The average molecular weight is 316 g/mol. The molecule has 0 spiro atoms. The van der Waals surface area contributed by atoms with Gasteiger partial charge in [0.25, 0.3) is 5.91 Å². The van der Waals surface area contributed by atoms with E-state index in [0.717, 1.165) is 16.0 Å². The molecule has 0 N–H and O–H groups in total. The van der Waals surface area contributed by atoms with Crippen molar-refractivity contribution in [2.75, 3.05) is 6.79 Å². The Morgan fingerprint density at radius 1 is 1.32 bits per heavy atom. The minimum absolute atomic E-state index is 0.242. The Hall–Kier alpha value is -2.61. The molecule has 3 aromatic rings. The number of carbonyl (C=O) groups excluding carboxylic acids is 1. The summed E-state index contributed by atoms with van der Waals surface area (Å²) in [6.45, 7) is 0.242. The fourth-order valence-corrected chi connectivity index (χ4v) is 3.32. The highest BCUT2D eigenvalue weighted by atomic mass is 32.1. The topological polar surface area (TPSA) is 70.6 Å². The lowest BCUT2D eigenvalue weighted by Gasteiger charge is -1.98. The van der Waals surface area contributed by atoms with Crippen molar-refractivity contribution in [3.8, 4) is 11.5 Å². The fourth-order valence-electron chi connectivity index (χ4n) is 2.30. The van der Waals surface area contributed by atoms with Gasteiger partial charge in [-0.15, -0.1) is 0 Å². The van der Waals surface area contributed by atoms with E-state index in [-0.39, 0.29) is 12.7 Å². The van der Waals surface area contributed by atoms with E-state index in [9.17, 15) is 4.79 Å². The van der Waals surface area contributed by atoms with Crippen molar-refractivity contribution < 1.29 is 14.3 Å². The SMILES string of the molecule is Cn1ccc(C(=O)N=c2sc3cc4c(cc3n2C)OCO4)n1. The number of aryl methyl sites for hydroxylation is 2. The number of fused-ring (bicyclic) bond motifs is 2. The number of amides is 1. The van der Waals surface area contributed by atoms with Crippen LogP contribution in [0, 0.1) is 0 Å². The molecule has 4 rings (SSSR count). The average Bonchev–Trinajstić information content (AvgIpc) is 3.18. The van der Waals surface area contributed by atoms with Gasteiger partial charge in [0.15, 0.2) is 22.0 Å². The molecule has 1 aliphatic rings. The molecule has 0 bridgehead atoms. The van der Waals surface area contributed by atoms with E-state index in [1.165, 1.54) is 11.3 Å². The molecule has 0 aliphatic carbocycles. The lowest BCUT2D eigenvalue weighted by atomic mass is 10.3. The summed E-state index contributed by atoms with van der Waals surface area (Å²) in [5, 5.41) is 4.07. The Morgan fingerprint density at radius 3 is 2.82 bits per heavy atom. The van der Waals surface area contributed by atoms with Gasteiger partial charge < -0.3 is 14.0 Å². The molecule has 0 atom stereocenters. The molecule has 22 heavy (non-hydrogen) atoms. The molecule has 0 fully saturated rings. The van der Waals surface area contributed by atoms with E-state index in [1.807, 2.05) is 23.7 Å². The van der Waals surface area contributed by atoms with Crippen molar-refractivity contribution in [1.29, 1.82) is 0 Å². The summed E-state index contributed by atoms with van der Waals surface area (Å²) < 4.78 is 15.2. The molecule has 1 aliphatic heterocycles. The molecule has 3 heterocycles. The maximum atomic E-state index is 12.2. The van der Waals surface area contributed by atoms with Crippen LogP contribution < -0.4 is 14.3 Å². The number of thiazole rings is 1. The van der Waals surface area contributed by atoms with Gasteiger partial charge in [-0.05, 0) is 6.07 Å². The van der Waals surface area contributed by atoms with Crippen LogP contribution >= 0.6 is 11.3 Å². The number of nitrogens with zero attached hydrogens (tertiary/aromatic N) is 4. The van der Waals surface area contributed by atoms with Crippen LogP contribution in [0.15, 0.2) is 29.4 Å². The van der Waals surface area contributed by atoms with Gasteiger partial charge in [-0.25, -0.2) is 0 Å². The maximum absolute atomic E-state index is 12.2. The van der Waals surface area contributed by atoms with Gasteiger partial charge in [-0.1, -0.05) is 11.3 Å². The van der Waals surface area contributed by atoms with Crippen LogP contribution in [0.4, 0.5) is 0 Å². The lowest BCUT2D eigenvalue weighted by molar-refractivity contribution is 0.0992. The first-order valence-electron chi connectivity index (χ1n) is 6.60. The Balaban J connectivity index is 1.83. The quantitative estimate of drug-likeness (QED) is 0.681. The van der Waals surface area contributed by atoms with Gasteiger partial charge in [0.1, 0.15) is 0 Å². The third-order valence-electron chi connectivity index (χ3n) is 3.43. The molecule has 2 aromatic heterocycles. The largest absolute Gasteiger partial charge is 0.454 e. The summed E-state index contributed by atoms with van der Waals surface area (Å²) in [6, 6.07) is 5.46. The van der Waals surface area contributed by atoms with Crippen LogP contribution in [-0.2, 0) is 14.1 Å². The van der Waals surface area contributed by atoms with E-state index in [4.69, 9.17) is 9.47 Å². The monoisotopic (exact) mass is 316 g/mol. The Bertz CT molecular complexity index is 966. The second kappa shape index (κ2) is 4.70. The summed E-state index contributed by atoms with van der Waals surface area (Å²) in [5.41, 5.74) is 1.27. The van der Waals surface area contributed by atoms with Gasteiger partial charge in [0, 0.05) is 32.4 Å². The van der Waals surface area contributed by atoms with Crippen LogP contribution in [0.3, 0.4) is 0 Å². The summed E-state index contributed by atoms with van der Waals surface area (Å²) in [7, 11) is 3.63. The highest BCUT2D eigenvalue weighted by molar-refractivity contribution is 7.16. The first-order chi connectivity index (χ1) is 10.6. The third kappa shape index (κ3) is 2.00. The van der Waals surface area contributed by atoms with Crippen molar-refractivity contribution in [1.82, 2.24) is 14.3 Å². The van der Waals surface area contributed by atoms with Gasteiger partial charge in [-0.3, -0.25) is 9.48 Å². The Labute approximate surface area is 129 Å². The molecule has 0 saturated carbocycles. The van der Waals surface area contributed by atoms with E-state index in [0.29, 0.717) is 16.2 Å². The van der Waals surface area contributed by atoms with Gasteiger partial charge in [-0.2, -0.15) is 10.1 Å². The summed E-state index contributed by atoms with van der Waals surface area (Å²) in [4.78, 5) is 16.9. The second-order valence-electron chi connectivity index (χ2n) is 4.91. The molecule has 0 saturated heterocycles. The summed E-state index contributed by atoms with van der Waals surface area (Å²) in [5.74, 6) is 1.07. The van der Waals surface area contributed by atoms with Crippen LogP contribution in [-0.4, -0.2) is 27.0 Å². The van der Waals surface area contributed by atoms with E-state index in [2.05, 4.69) is 10.1 Å². The van der Waals surface area contributed by atoms with Gasteiger partial charge in [0.2, 0.25) is 6.79 Å². The molecular formula is C14H12N4O3S. The number of benzene rings is 1. The number of hydrogen-bond acceptors (Lipinski definition) is 5. The fraction of sp³-hybridized carbons (Fsp3) is 0.214. The number of carbonyl (C=O) groups is 1. The smallest absolute Gasteiger partial charge is 0.300 e. The predicted molar refractivity (Wildman–Crippen MR) is 80.0 cm³/mol. The molecule has 1 amide bonds. The number of hydrogen-bond donors (Lipinski definition) is 0. The summed E-state index contributed by atoms with van der Waals surface area (Å²) >= 11 is 1.43. The van der Waals surface area contributed by atoms with Crippen LogP contribution in [0.2, 0.25) is 0 Å². The zero-order valence-electron chi connectivity index (χ0n) is 11.9. The van der Waals surface area contributed by atoms with Crippen LogP contribution in [0.25, 0.3) is 10.2 Å². The lowest BCUT2D eigenvalue weighted by Crippen LogP contribution is -2.13. The Morgan fingerprint density at radius 2 is 2.09 bits per heavy atom. The molecule has 0 unspecified atom stereocenters. The normalized spacial score (nSPS) is 14.0. The Kier molecular flexibility index (Phi) is 2.80. The molecular weight excluding hydrogens is 304 g/mol. The molecule has 112 valence electrons. The third-order valence-corrected chi connectivity index (χ3v) is 4.53. The van der Waals surface area contributed by atoms with Crippen molar-refractivity contribution in [2.24, 2.45) is 19.1 Å². The number of ether oxygens (including phenoxy) is 2. The zero-order chi connectivity index (χ0) is 15.3. The standard InChI is InChI=1S/C14H12N4O3S/c1-17-4-3-8(16-17)13(19)15-14-18(2)9-5-10-11(21-7-20-10)6-12(9)22-14/h3-6H,7H2,1-2H3. The van der Waals surface area contributed by atoms with Crippen molar-refractivity contribution >= 4 is 27.5 Å². The van der Waals surface area contributed by atoms with Gasteiger partial charge in [0.05, 0.1) is 10.2 Å². The van der Waals surface area contributed by atoms with Crippen molar-refractivity contribution in [2.45, 2.75) is 0 Å². The maximum Gasteiger partial charge on any atom is 0.300 e. The minimum Gasteiger partial charge on any atom is -0.454 e. The van der Waals surface area contributed by atoms with Crippen LogP contribution in [0.5, 0.6) is 11.5 Å². The van der Waals surface area contributed by atoms with E-state index < -0.39 is 0 Å². The van der Waals surface area contributed by atoms with Crippen molar-refractivity contribution in [3.63, 3.8) is 0 Å². The molecule has 8 heteroatoms. The molecule has 7 nitrogen and oxygen atoms in total. The first kappa shape index (κ1) is 13.1. The van der Waals surface area contributed by atoms with Crippen molar-refractivity contribution in [3.05, 3.63) is 34.9 Å². The number of aromatic nitrogens is 3. The number of rotatable bonds is 1. The van der Waals surface area contributed by atoms with Crippen LogP contribution in [0.1, 0.15) is 10.5 Å². The summed E-state index contributed by atoms with van der Waals surface area (Å²) in [6.07, 6.45) is 1.72. The van der Waals surface area contributed by atoms with Gasteiger partial charge >= 0.3 is 0 Å². The highest BCUT2D eigenvalue weighted by Gasteiger charge is 2.17.